The molecule has 7 heteroatoms. The summed E-state index contributed by atoms with van der Waals surface area (Å²) in [5.41, 5.74) is 1.75. The summed E-state index contributed by atoms with van der Waals surface area (Å²) < 4.78 is 34.7. The molecule has 0 aliphatic carbocycles. The number of hydrogen-bond acceptors (Lipinski definition) is 4. The maximum absolute atomic E-state index is 12.9. The van der Waals surface area contributed by atoms with E-state index >= 15 is 0 Å². The Labute approximate surface area is 169 Å². The van der Waals surface area contributed by atoms with Gasteiger partial charge in [0.25, 0.3) is 0 Å². The van der Waals surface area contributed by atoms with Crippen molar-refractivity contribution in [1.29, 1.82) is 0 Å². The van der Waals surface area contributed by atoms with E-state index < -0.39 is 6.61 Å². The number of alkyl halides is 2. The Morgan fingerprint density at radius 2 is 1.83 bits per heavy atom. The molecule has 1 N–H and O–H groups in total. The quantitative estimate of drug-likeness (QED) is 0.691. The first-order valence-electron chi connectivity index (χ1n) is 9.77. The molecule has 1 aliphatic rings. The van der Waals surface area contributed by atoms with Gasteiger partial charge in [-0.2, -0.15) is 8.78 Å². The van der Waals surface area contributed by atoms with Gasteiger partial charge in [0.05, 0.1) is 7.11 Å². The van der Waals surface area contributed by atoms with Gasteiger partial charge in [-0.05, 0) is 55.6 Å². The molecular weight excluding hydrogens is 378 g/mol. The highest BCUT2D eigenvalue weighted by Gasteiger charge is 2.29. The minimum Gasteiger partial charge on any atom is -0.493 e. The summed E-state index contributed by atoms with van der Waals surface area (Å²) in [5, 5.41) is 2.99. The highest BCUT2D eigenvalue weighted by atomic mass is 19.3. The van der Waals surface area contributed by atoms with E-state index in [9.17, 15) is 13.6 Å². The van der Waals surface area contributed by atoms with Crippen LogP contribution in [0.4, 0.5) is 8.78 Å². The van der Waals surface area contributed by atoms with Gasteiger partial charge < -0.3 is 14.8 Å². The third-order valence-corrected chi connectivity index (χ3v) is 5.03. The number of amides is 1. The van der Waals surface area contributed by atoms with Crippen LogP contribution in [0, 0.1) is 0 Å². The molecule has 29 heavy (non-hydrogen) atoms. The fraction of sp³-hybridized carbons (Fsp3) is 0.409. The van der Waals surface area contributed by atoms with E-state index in [1.807, 2.05) is 30.3 Å². The van der Waals surface area contributed by atoms with Crippen molar-refractivity contribution in [3.05, 3.63) is 59.7 Å². The Morgan fingerprint density at radius 3 is 2.48 bits per heavy atom. The van der Waals surface area contributed by atoms with Gasteiger partial charge in [-0.1, -0.05) is 36.4 Å². The number of methoxy groups -OCH3 is 1. The topological polar surface area (TPSA) is 50.8 Å². The summed E-state index contributed by atoms with van der Waals surface area (Å²) in [6.07, 6.45) is 2.68. The number of carbonyl (C=O) groups excluding carboxylic acids is 1. The lowest BCUT2D eigenvalue weighted by Crippen LogP contribution is -2.40. The minimum absolute atomic E-state index is 0.00875. The van der Waals surface area contributed by atoms with Crippen LogP contribution in [0.25, 0.3) is 0 Å². The third-order valence-electron chi connectivity index (χ3n) is 5.03. The Bertz CT molecular complexity index is 796. The van der Waals surface area contributed by atoms with Crippen molar-refractivity contribution in [2.45, 2.75) is 31.9 Å². The second-order valence-corrected chi connectivity index (χ2v) is 6.96. The molecule has 1 aliphatic heterocycles. The first kappa shape index (κ1) is 21.0. The van der Waals surface area contributed by atoms with Gasteiger partial charge in [0.2, 0.25) is 5.91 Å². The number of ether oxygens (including phenoxy) is 2. The Morgan fingerprint density at radius 1 is 1.10 bits per heavy atom. The van der Waals surface area contributed by atoms with Crippen LogP contribution in [0.1, 0.15) is 30.0 Å². The van der Waals surface area contributed by atoms with Crippen molar-refractivity contribution < 1.29 is 23.0 Å². The van der Waals surface area contributed by atoms with E-state index in [0.717, 1.165) is 37.1 Å². The molecule has 0 saturated carbocycles. The summed E-state index contributed by atoms with van der Waals surface area (Å²) in [4.78, 5) is 15.1. The number of rotatable bonds is 9. The monoisotopic (exact) mass is 404 g/mol. The first-order chi connectivity index (χ1) is 14.1. The second kappa shape index (κ2) is 10.2. The molecule has 1 heterocycles. The van der Waals surface area contributed by atoms with Gasteiger partial charge in [0, 0.05) is 6.54 Å². The zero-order valence-electron chi connectivity index (χ0n) is 16.4. The molecule has 2 aromatic carbocycles. The third kappa shape index (κ3) is 5.67. The molecule has 0 spiro atoms. The van der Waals surface area contributed by atoms with Gasteiger partial charge in [0.1, 0.15) is 6.04 Å². The number of halogens is 2. The fourth-order valence-electron chi connectivity index (χ4n) is 3.65. The fourth-order valence-corrected chi connectivity index (χ4v) is 3.65. The zero-order chi connectivity index (χ0) is 20.6. The van der Waals surface area contributed by atoms with Crippen LogP contribution in [0.5, 0.6) is 11.5 Å². The van der Waals surface area contributed by atoms with E-state index in [-0.39, 0.29) is 23.4 Å². The molecule has 1 unspecified atom stereocenters. The largest absolute Gasteiger partial charge is 0.493 e. The Balaban J connectivity index is 1.63. The van der Waals surface area contributed by atoms with Crippen LogP contribution in [-0.4, -0.2) is 44.2 Å². The smallest absolute Gasteiger partial charge is 0.387 e. The van der Waals surface area contributed by atoms with Crippen LogP contribution in [0.3, 0.4) is 0 Å². The van der Waals surface area contributed by atoms with E-state index in [2.05, 4.69) is 15.0 Å². The predicted molar refractivity (Wildman–Crippen MR) is 106 cm³/mol. The van der Waals surface area contributed by atoms with Crippen LogP contribution in [-0.2, 0) is 11.2 Å². The van der Waals surface area contributed by atoms with Crippen molar-refractivity contribution >= 4 is 5.91 Å². The Kier molecular flexibility index (Phi) is 7.41. The lowest BCUT2D eigenvalue weighted by atomic mass is 10.0. The maximum atomic E-state index is 12.9. The molecule has 3 rings (SSSR count). The molecule has 0 bridgehead atoms. The summed E-state index contributed by atoms with van der Waals surface area (Å²) >= 11 is 0. The number of nitrogens with zero attached hydrogens (tertiary/aromatic N) is 1. The highest BCUT2D eigenvalue weighted by Crippen LogP contribution is 2.30. The molecule has 0 radical (unpaired) electrons. The Hall–Kier alpha value is -2.67. The lowest BCUT2D eigenvalue weighted by Gasteiger charge is -2.27. The number of carbonyl (C=O) groups is 1. The van der Waals surface area contributed by atoms with Crippen molar-refractivity contribution in [1.82, 2.24) is 10.2 Å². The summed E-state index contributed by atoms with van der Waals surface area (Å²) in [6, 6.07) is 14.3. The van der Waals surface area contributed by atoms with E-state index in [0.29, 0.717) is 13.0 Å². The normalized spacial score (nSPS) is 15.3. The van der Waals surface area contributed by atoms with E-state index in [1.54, 1.807) is 12.1 Å². The average molecular weight is 404 g/mol. The molecule has 0 aromatic heterocycles. The standard InChI is InChI=1S/C22H26F2N2O3/c1-28-18-10-9-16(15-19(18)29-22(23)24)11-12-25-21(27)20(26-13-5-6-14-26)17-7-3-2-4-8-17/h2-4,7-10,15,20,22H,5-6,11-14H2,1H3,(H,25,27). The van der Waals surface area contributed by atoms with Crippen molar-refractivity contribution in [2.75, 3.05) is 26.7 Å². The number of likely N-dealkylation sites (tertiary alicyclic amines) is 1. The second-order valence-electron chi connectivity index (χ2n) is 6.96. The molecule has 156 valence electrons. The molecule has 2 aromatic rings. The molecule has 5 nitrogen and oxygen atoms in total. The van der Waals surface area contributed by atoms with Gasteiger partial charge in [0.15, 0.2) is 11.5 Å². The van der Waals surface area contributed by atoms with Crippen LogP contribution in [0.2, 0.25) is 0 Å². The van der Waals surface area contributed by atoms with Crippen molar-refractivity contribution in [2.24, 2.45) is 0 Å². The summed E-state index contributed by atoms with van der Waals surface area (Å²) in [6.45, 7) is -0.721. The van der Waals surface area contributed by atoms with Gasteiger partial charge in [-0.25, -0.2) is 0 Å². The van der Waals surface area contributed by atoms with Gasteiger partial charge in [-0.3, -0.25) is 9.69 Å². The van der Waals surface area contributed by atoms with Crippen molar-refractivity contribution in [3.63, 3.8) is 0 Å². The van der Waals surface area contributed by atoms with E-state index in [1.165, 1.54) is 13.2 Å². The van der Waals surface area contributed by atoms with Gasteiger partial charge >= 0.3 is 6.61 Å². The number of nitrogens with one attached hydrogen (secondary N) is 1. The molecule has 1 fully saturated rings. The molecule has 1 saturated heterocycles. The van der Waals surface area contributed by atoms with E-state index in [4.69, 9.17) is 4.74 Å². The number of benzene rings is 2. The molecular formula is C22H26F2N2O3. The summed E-state index contributed by atoms with van der Waals surface area (Å²) in [5.74, 6) is 0.192. The zero-order valence-corrected chi connectivity index (χ0v) is 16.4. The SMILES string of the molecule is COc1ccc(CCNC(=O)C(c2ccccc2)N2CCCC2)cc1OC(F)F. The van der Waals surface area contributed by atoms with Crippen LogP contribution >= 0.6 is 0 Å². The molecule has 1 amide bonds. The van der Waals surface area contributed by atoms with Crippen LogP contribution < -0.4 is 14.8 Å². The maximum Gasteiger partial charge on any atom is 0.387 e. The summed E-state index contributed by atoms with van der Waals surface area (Å²) in [7, 11) is 1.40. The number of hydrogen-bond donors (Lipinski definition) is 1. The highest BCUT2D eigenvalue weighted by molar-refractivity contribution is 5.83. The van der Waals surface area contributed by atoms with Crippen LogP contribution in [0.15, 0.2) is 48.5 Å². The predicted octanol–water partition coefficient (Wildman–Crippen LogP) is 3.79. The minimum atomic E-state index is -2.93. The first-order valence-corrected chi connectivity index (χ1v) is 9.77. The molecule has 1 atom stereocenters. The van der Waals surface area contributed by atoms with Gasteiger partial charge in [-0.15, -0.1) is 0 Å². The average Bonchev–Trinajstić information content (AvgIpc) is 3.23. The van der Waals surface area contributed by atoms with Crippen molar-refractivity contribution in [3.8, 4) is 11.5 Å². The lowest BCUT2D eigenvalue weighted by molar-refractivity contribution is -0.126.